The van der Waals surface area contributed by atoms with E-state index in [1.54, 1.807) is 24.9 Å². The molecule has 0 aliphatic carbocycles. The van der Waals surface area contributed by atoms with Gasteiger partial charge in [-0.2, -0.15) is 0 Å². The molecule has 1 aromatic heterocycles. The van der Waals surface area contributed by atoms with Crippen molar-refractivity contribution in [1.29, 1.82) is 0 Å². The van der Waals surface area contributed by atoms with Crippen LogP contribution in [0, 0.1) is 0 Å². The predicted molar refractivity (Wildman–Crippen MR) is 101 cm³/mol. The van der Waals surface area contributed by atoms with Crippen LogP contribution in [0.5, 0.6) is 5.75 Å². The highest BCUT2D eigenvalue weighted by molar-refractivity contribution is 7.99. The molecule has 0 aliphatic heterocycles. The van der Waals surface area contributed by atoms with Crippen LogP contribution in [0.3, 0.4) is 0 Å². The zero-order valence-electron chi connectivity index (χ0n) is 14.6. The van der Waals surface area contributed by atoms with Gasteiger partial charge in [0.2, 0.25) is 5.91 Å². The van der Waals surface area contributed by atoms with Gasteiger partial charge in [0.25, 0.3) is 5.89 Å². The van der Waals surface area contributed by atoms with Gasteiger partial charge in [-0.3, -0.25) is 10.1 Å². The smallest absolute Gasteiger partial charge is 0.322 e. The van der Waals surface area contributed by atoms with Crippen LogP contribution >= 0.6 is 11.8 Å². The summed E-state index contributed by atoms with van der Waals surface area (Å²) < 4.78 is 10.8. The zero-order chi connectivity index (χ0) is 18.4. The van der Waals surface area contributed by atoms with E-state index in [1.807, 2.05) is 42.5 Å². The van der Waals surface area contributed by atoms with E-state index in [0.717, 1.165) is 11.3 Å². The SMILES string of the molecule is CCSc1ccc(CC(=O)Nc2nnc(-c3ccccc3OC)o2)cc1. The molecule has 6 nitrogen and oxygen atoms in total. The number of thioether (sulfide) groups is 1. The third kappa shape index (κ3) is 4.43. The summed E-state index contributed by atoms with van der Waals surface area (Å²) >= 11 is 1.77. The Balaban J connectivity index is 1.64. The number of hydrogen-bond acceptors (Lipinski definition) is 6. The summed E-state index contributed by atoms with van der Waals surface area (Å²) in [5, 5.41) is 10.5. The Morgan fingerprint density at radius 2 is 1.92 bits per heavy atom. The van der Waals surface area contributed by atoms with Crippen LogP contribution in [0.15, 0.2) is 57.8 Å². The second-order valence-electron chi connectivity index (χ2n) is 5.41. The summed E-state index contributed by atoms with van der Waals surface area (Å²) in [4.78, 5) is 13.4. The largest absolute Gasteiger partial charge is 0.496 e. The van der Waals surface area contributed by atoms with Crippen molar-refractivity contribution in [3.8, 4) is 17.2 Å². The van der Waals surface area contributed by atoms with E-state index in [2.05, 4.69) is 22.4 Å². The molecule has 7 heteroatoms. The normalized spacial score (nSPS) is 10.5. The average Bonchev–Trinajstić information content (AvgIpc) is 3.11. The molecule has 0 spiro atoms. The van der Waals surface area contributed by atoms with Gasteiger partial charge in [-0.1, -0.05) is 36.3 Å². The molecule has 0 saturated carbocycles. The first kappa shape index (κ1) is 18.0. The number of carbonyl (C=O) groups is 1. The van der Waals surface area contributed by atoms with Crippen molar-refractivity contribution < 1.29 is 13.9 Å². The summed E-state index contributed by atoms with van der Waals surface area (Å²) in [5.74, 6) is 1.72. The third-order valence-electron chi connectivity index (χ3n) is 3.61. The number of benzene rings is 2. The van der Waals surface area contributed by atoms with Crippen LogP contribution in [0.25, 0.3) is 11.5 Å². The van der Waals surface area contributed by atoms with Crippen LogP contribution in [0.4, 0.5) is 6.01 Å². The van der Waals surface area contributed by atoms with Crippen LogP contribution in [0.1, 0.15) is 12.5 Å². The van der Waals surface area contributed by atoms with Gasteiger partial charge in [0.1, 0.15) is 5.75 Å². The van der Waals surface area contributed by atoms with Crippen LogP contribution < -0.4 is 10.1 Å². The Morgan fingerprint density at radius 3 is 2.65 bits per heavy atom. The summed E-state index contributed by atoms with van der Waals surface area (Å²) in [5.41, 5.74) is 1.60. The lowest BCUT2D eigenvalue weighted by atomic mass is 10.1. The van der Waals surface area contributed by atoms with Crippen LogP contribution in [0.2, 0.25) is 0 Å². The lowest BCUT2D eigenvalue weighted by Crippen LogP contribution is -2.14. The molecule has 3 aromatic rings. The second-order valence-corrected chi connectivity index (χ2v) is 6.75. The number of anilines is 1. The molecule has 1 heterocycles. The van der Waals surface area contributed by atoms with E-state index in [9.17, 15) is 4.79 Å². The maximum atomic E-state index is 12.2. The van der Waals surface area contributed by atoms with Gasteiger partial charge in [-0.15, -0.1) is 16.9 Å². The van der Waals surface area contributed by atoms with Crippen molar-refractivity contribution in [1.82, 2.24) is 10.2 Å². The number of carbonyl (C=O) groups excluding carboxylic acids is 1. The number of methoxy groups -OCH3 is 1. The van der Waals surface area contributed by atoms with E-state index in [1.165, 1.54) is 4.90 Å². The van der Waals surface area contributed by atoms with E-state index in [0.29, 0.717) is 17.2 Å². The fourth-order valence-electron chi connectivity index (χ4n) is 2.42. The molecule has 2 aromatic carbocycles. The highest BCUT2D eigenvalue weighted by Crippen LogP contribution is 2.29. The minimum Gasteiger partial charge on any atom is -0.496 e. The Morgan fingerprint density at radius 1 is 1.15 bits per heavy atom. The Labute approximate surface area is 156 Å². The number of hydrogen-bond donors (Lipinski definition) is 1. The monoisotopic (exact) mass is 369 g/mol. The first-order valence-corrected chi connectivity index (χ1v) is 9.16. The summed E-state index contributed by atoms with van der Waals surface area (Å²) in [6, 6.07) is 15.3. The van der Waals surface area contributed by atoms with Gasteiger partial charge in [0, 0.05) is 4.90 Å². The van der Waals surface area contributed by atoms with Gasteiger partial charge in [0.05, 0.1) is 19.1 Å². The Kier molecular flexibility index (Phi) is 5.91. The van der Waals surface area contributed by atoms with E-state index >= 15 is 0 Å². The lowest BCUT2D eigenvalue weighted by Gasteiger charge is -2.04. The number of ether oxygens (including phenoxy) is 1. The zero-order valence-corrected chi connectivity index (χ0v) is 15.4. The third-order valence-corrected chi connectivity index (χ3v) is 4.50. The molecule has 0 bridgehead atoms. The topological polar surface area (TPSA) is 77.2 Å². The van der Waals surface area contributed by atoms with E-state index in [-0.39, 0.29) is 18.3 Å². The number of aromatic nitrogens is 2. The van der Waals surface area contributed by atoms with E-state index < -0.39 is 0 Å². The van der Waals surface area contributed by atoms with Crippen LogP contribution in [-0.2, 0) is 11.2 Å². The summed E-state index contributed by atoms with van der Waals surface area (Å²) in [6.07, 6.45) is 0.240. The van der Waals surface area contributed by atoms with Crippen molar-refractivity contribution in [2.75, 3.05) is 18.2 Å². The number of nitrogens with zero attached hydrogens (tertiary/aromatic N) is 2. The van der Waals surface area contributed by atoms with Gasteiger partial charge in [-0.25, -0.2) is 0 Å². The van der Waals surface area contributed by atoms with Crippen molar-refractivity contribution in [2.45, 2.75) is 18.2 Å². The molecule has 1 N–H and O–H groups in total. The number of amides is 1. The highest BCUT2D eigenvalue weighted by Gasteiger charge is 2.14. The fourth-order valence-corrected chi connectivity index (χ4v) is 3.08. The molecule has 0 fully saturated rings. The molecular weight excluding hydrogens is 350 g/mol. The molecule has 3 rings (SSSR count). The summed E-state index contributed by atoms with van der Waals surface area (Å²) in [7, 11) is 1.57. The Bertz CT molecular complexity index is 878. The minimum atomic E-state index is -0.212. The number of rotatable bonds is 7. The number of nitrogens with one attached hydrogen (secondary N) is 1. The molecule has 26 heavy (non-hydrogen) atoms. The molecular formula is C19H19N3O3S. The molecule has 0 saturated heterocycles. The molecule has 0 atom stereocenters. The Hall–Kier alpha value is -2.80. The maximum Gasteiger partial charge on any atom is 0.322 e. The van der Waals surface area contributed by atoms with Gasteiger partial charge in [-0.05, 0) is 35.6 Å². The maximum absolute atomic E-state index is 12.2. The van der Waals surface area contributed by atoms with Gasteiger partial charge < -0.3 is 9.15 Å². The van der Waals surface area contributed by atoms with Gasteiger partial charge in [0.15, 0.2) is 0 Å². The lowest BCUT2D eigenvalue weighted by molar-refractivity contribution is -0.115. The fraction of sp³-hybridized carbons (Fsp3) is 0.211. The molecule has 0 radical (unpaired) electrons. The molecule has 1 amide bonds. The van der Waals surface area contributed by atoms with Crippen LogP contribution in [-0.4, -0.2) is 29.0 Å². The summed E-state index contributed by atoms with van der Waals surface area (Å²) in [6.45, 7) is 2.11. The van der Waals surface area contributed by atoms with Crippen molar-refractivity contribution in [2.24, 2.45) is 0 Å². The highest BCUT2D eigenvalue weighted by atomic mass is 32.2. The second kappa shape index (κ2) is 8.53. The van der Waals surface area contributed by atoms with E-state index in [4.69, 9.17) is 9.15 Å². The first-order valence-electron chi connectivity index (χ1n) is 8.18. The standard InChI is InChI=1S/C19H19N3O3S/c1-3-26-14-10-8-13(9-11-14)12-17(23)20-19-22-21-18(25-19)15-6-4-5-7-16(15)24-2/h4-11H,3,12H2,1-2H3,(H,20,22,23). The predicted octanol–water partition coefficient (Wildman–Crippen LogP) is 4.04. The molecule has 0 aliphatic rings. The minimum absolute atomic E-state index is 0.0639. The van der Waals surface area contributed by atoms with Crippen molar-refractivity contribution in [3.63, 3.8) is 0 Å². The van der Waals surface area contributed by atoms with Gasteiger partial charge >= 0.3 is 6.01 Å². The first-order chi connectivity index (χ1) is 12.7. The van der Waals surface area contributed by atoms with Crippen molar-refractivity contribution in [3.05, 3.63) is 54.1 Å². The molecule has 0 unspecified atom stereocenters. The quantitative estimate of drug-likeness (QED) is 0.634. The number of para-hydroxylation sites is 1. The molecule has 134 valence electrons. The van der Waals surface area contributed by atoms with Crippen molar-refractivity contribution >= 4 is 23.7 Å². The average molecular weight is 369 g/mol.